The van der Waals surface area contributed by atoms with E-state index in [2.05, 4.69) is 42.1 Å². The van der Waals surface area contributed by atoms with E-state index in [1.54, 1.807) is 0 Å². The van der Waals surface area contributed by atoms with Crippen LogP contribution < -0.4 is 5.32 Å². The second-order valence-electron chi connectivity index (χ2n) is 4.95. The number of H-pyrrole nitrogens is 1. The molecule has 1 atom stereocenters. The first kappa shape index (κ1) is 13.1. The topological polar surface area (TPSA) is 40.7 Å². The highest BCUT2D eigenvalue weighted by Crippen LogP contribution is 2.16. The van der Waals surface area contributed by atoms with Gasteiger partial charge in [0, 0.05) is 0 Å². The minimum atomic E-state index is 0.276. The molecule has 2 N–H and O–H groups in total. The number of para-hydroxylation sites is 2. The molecule has 0 unspecified atom stereocenters. The number of fused-ring (bicyclic) bond motifs is 1. The van der Waals surface area contributed by atoms with E-state index in [0.717, 1.165) is 29.3 Å². The predicted molar refractivity (Wildman–Crippen MR) is 76.6 cm³/mol. The summed E-state index contributed by atoms with van der Waals surface area (Å²) < 4.78 is 0. The van der Waals surface area contributed by atoms with Crippen molar-refractivity contribution in [2.24, 2.45) is 5.92 Å². The molecule has 0 amide bonds. The van der Waals surface area contributed by atoms with Crippen molar-refractivity contribution in [2.75, 3.05) is 6.54 Å². The Morgan fingerprint density at radius 2 is 1.94 bits per heavy atom. The Morgan fingerprint density at radius 1 is 1.22 bits per heavy atom. The molecule has 1 heterocycles. The molecule has 2 rings (SSSR count). The molecule has 0 aliphatic rings. The van der Waals surface area contributed by atoms with Crippen molar-refractivity contribution in [2.45, 2.75) is 39.7 Å². The van der Waals surface area contributed by atoms with Crippen LogP contribution in [0.3, 0.4) is 0 Å². The largest absolute Gasteiger partial charge is 0.341 e. The van der Waals surface area contributed by atoms with Crippen molar-refractivity contribution in [3.05, 3.63) is 30.1 Å². The summed E-state index contributed by atoms with van der Waals surface area (Å²) in [6.45, 7) is 7.73. The van der Waals surface area contributed by atoms with Gasteiger partial charge in [-0.3, -0.25) is 0 Å². The molecule has 0 spiro atoms. The second-order valence-corrected chi connectivity index (χ2v) is 4.95. The van der Waals surface area contributed by atoms with Gasteiger partial charge in [0.2, 0.25) is 0 Å². The van der Waals surface area contributed by atoms with Crippen molar-refractivity contribution in [3.8, 4) is 0 Å². The standard InChI is InChI=1S/C15H23N3/c1-4-12(5-2)10-16-11(3)15-17-13-8-6-7-9-14(13)18-15/h6-9,11-12,16H,4-5,10H2,1-3H3,(H,17,18)/t11-/m0/s1. The lowest BCUT2D eigenvalue weighted by molar-refractivity contribution is 0.417. The smallest absolute Gasteiger partial charge is 0.124 e. The number of nitrogens with zero attached hydrogens (tertiary/aromatic N) is 1. The first-order chi connectivity index (χ1) is 8.74. The molecule has 0 saturated heterocycles. The fourth-order valence-electron chi connectivity index (χ4n) is 2.20. The molecule has 3 nitrogen and oxygen atoms in total. The van der Waals surface area contributed by atoms with Crippen LogP contribution in [0.15, 0.2) is 24.3 Å². The number of aromatic nitrogens is 2. The number of imidazole rings is 1. The molecule has 98 valence electrons. The van der Waals surface area contributed by atoms with E-state index in [9.17, 15) is 0 Å². The molecule has 0 radical (unpaired) electrons. The number of hydrogen-bond acceptors (Lipinski definition) is 2. The van der Waals surface area contributed by atoms with Gasteiger partial charge in [0.15, 0.2) is 0 Å². The predicted octanol–water partition coefficient (Wildman–Crippen LogP) is 3.65. The van der Waals surface area contributed by atoms with Crippen LogP contribution in [0.5, 0.6) is 0 Å². The summed E-state index contributed by atoms with van der Waals surface area (Å²) in [6.07, 6.45) is 2.46. The number of nitrogens with one attached hydrogen (secondary N) is 2. The van der Waals surface area contributed by atoms with Crippen LogP contribution in [0.4, 0.5) is 0 Å². The van der Waals surface area contributed by atoms with E-state index in [4.69, 9.17) is 0 Å². The van der Waals surface area contributed by atoms with Crippen molar-refractivity contribution in [1.82, 2.24) is 15.3 Å². The minimum Gasteiger partial charge on any atom is -0.341 e. The third-order valence-electron chi connectivity index (χ3n) is 3.69. The fraction of sp³-hybridized carbons (Fsp3) is 0.533. The van der Waals surface area contributed by atoms with E-state index >= 15 is 0 Å². The molecule has 0 aliphatic heterocycles. The third kappa shape index (κ3) is 2.91. The SMILES string of the molecule is CCC(CC)CN[C@@H](C)c1nc2ccccc2[nH]1. The molecule has 0 saturated carbocycles. The zero-order valence-corrected chi connectivity index (χ0v) is 11.5. The van der Waals surface area contributed by atoms with Crippen LogP contribution in [0.1, 0.15) is 45.5 Å². The highest BCUT2D eigenvalue weighted by Gasteiger charge is 2.11. The lowest BCUT2D eigenvalue weighted by Gasteiger charge is -2.17. The number of rotatable bonds is 6. The molecule has 3 heteroatoms. The summed E-state index contributed by atoms with van der Waals surface area (Å²) in [5.74, 6) is 1.79. The summed E-state index contributed by atoms with van der Waals surface area (Å²) in [6, 6.07) is 8.45. The van der Waals surface area contributed by atoms with Crippen molar-refractivity contribution >= 4 is 11.0 Å². The van der Waals surface area contributed by atoms with Crippen molar-refractivity contribution < 1.29 is 0 Å². The summed E-state index contributed by atoms with van der Waals surface area (Å²) >= 11 is 0. The average Bonchev–Trinajstić information content (AvgIpc) is 2.83. The lowest BCUT2D eigenvalue weighted by Crippen LogP contribution is -2.25. The third-order valence-corrected chi connectivity index (χ3v) is 3.69. The molecule has 1 aromatic heterocycles. The zero-order chi connectivity index (χ0) is 13.0. The van der Waals surface area contributed by atoms with E-state index in [1.165, 1.54) is 12.8 Å². The van der Waals surface area contributed by atoms with Crippen LogP contribution in [-0.2, 0) is 0 Å². The normalized spacial score (nSPS) is 13.3. The Kier molecular flexibility index (Phi) is 4.37. The van der Waals surface area contributed by atoms with Crippen LogP contribution in [0.2, 0.25) is 0 Å². The second kappa shape index (κ2) is 6.01. The van der Waals surface area contributed by atoms with Crippen LogP contribution in [0.25, 0.3) is 11.0 Å². The van der Waals surface area contributed by atoms with Gasteiger partial charge in [0.05, 0.1) is 17.1 Å². The van der Waals surface area contributed by atoms with E-state index in [1.807, 2.05) is 18.2 Å². The van der Waals surface area contributed by atoms with Gasteiger partial charge in [-0.25, -0.2) is 4.98 Å². The van der Waals surface area contributed by atoms with E-state index in [-0.39, 0.29) is 6.04 Å². The van der Waals surface area contributed by atoms with Gasteiger partial charge in [0.25, 0.3) is 0 Å². The Labute approximate surface area is 109 Å². The Bertz CT molecular complexity index is 452. The first-order valence-corrected chi connectivity index (χ1v) is 6.92. The number of aromatic amines is 1. The lowest BCUT2D eigenvalue weighted by atomic mass is 10.0. The maximum absolute atomic E-state index is 4.62. The summed E-state index contributed by atoms with van der Waals surface area (Å²) in [5, 5.41) is 3.57. The zero-order valence-electron chi connectivity index (χ0n) is 11.5. The Morgan fingerprint density at radius 3 is 2.61 bits per heavy atom. The summed E-state index contributed by atoms with van der Waals surface area (Å²) in [4.78, 5) is 8.01. The molecule has 0 bridgehead atoms. The quantitative estimate of drug-likeness (QED) is 0.815. The summed E-state index contributed by atoms with van der Waals surface area (Å²) in [7, 11) is 0. The van der Waals surface area contributed by atoms with Gasteiger partial charge in [-0.2, -0.15) is 0 Å². The average molecular weight is 245 g/mol. The molecule has 18 heavy (non-hydrogen) atoms. The monoisotopic (exact) mass is 245 g/mol. The molecule has 1 aromatic carbocycles. The number of benzene rings is 1. The van der Waals surface area contributed by atoms with E-state index in [0.29, 0.717) is 0 Å². The Hall–Kier alpha value is -1.35. The highest BCUT2D eigenvalue weighted by molar-refractivity contribution is 5.74. The highest BCUT2D eigenvalue weighted by atomic mass is 15.0. The van der Waals surface area contributed by atoms with Gasteiger partial charge < -0.3 is 10.3 Å². The molecule has 0 aliphatic carbocycles. The minimum absolute atomic E-state index is 0.276. The van der Waals surface area contributed by atoms with Crippen LogP contribution in [0, 0.1) is 5.92 Å². The number of hydrogen-bond donors (Lipinski definition) is 2. The van der Waals surface area contributed by atoms with Gasteiger partial charge in [-0.15, -0.1) is 0 Å². The van der Waals surface area contributed by atoms with Crippen LogP contribution >= 0.6 is 0 Å². The van der Waals surface area contributed by atoms with Gasteiger partial charge >= 0.3 is 0 Å². The maximum atomic E-state index is 4.62. The van der Waals surface area contributed by atoms with E-state index < -0.39 is 0 Å². The molecular formula is C15H23N3. The van der Waals surface area contributed by atoms with Crippen LogP contribution in [-0.4, -0.2) is 16.5 Å². The molecular weight excluding hydrogens is 222 g/mol. The van der Waals surface area contributed by atoms with Crippen molar-refractivity contribution in [1.29, 1.82) is 0 Å². The van der Waals surface area contributed by atoms with Gasteiger partial charge in [0.1, 0.15) is 5.82 Å². The fourth-order valence-corrected chi connectivity index (χ4v) is 2.20. The summed E-state index contributed by atoms with van der Waals surface area (Å²) in [5.41, 5.74) is 2.16. The van der Waals surface area contributed by atoms with Gasteiger partial charge in [-0.1, -0.05) is 38.8 Å². The first-order valence-electron chi connectivity index (χ1n) is 6.92. The Balaban J connectivity index is 2.02. The maximum Gasteiger partial charge on any atom is 0.124 e. The molecule has 2 aromatic rings. The van der Waals surface area contributed by atoms with Gasteiger partial charge in [-0.05, 0) is 31.5 Å². The van der Waals surface area contributed by atoms with Crippen molar-refractivity contribution in [3.63, 3.8) is 0 Å². The molecule has 0 fully saturated rings.